The Morgan fingerprint density at radius 1 is 1.18 bits per heavy atom. The lowest BCUT2D eigenvalue weighted by Gasteiger charge is -2.46. The van der Waals surface area contributed by atoms with E-state index in [4.69, 9.17) is 0 Å². The van der Waals surface area contributed by atoms with Gasteiger partial charge in [-0.05, 0) is 32.2 Å². The summed E-state index contributed by atoms with van der Waals surface area (Å²) in [5.74, 6) is 0. The Labute approximate surface area is 103 Å². The van der Waals surface area contributed by atoms with E-state index < -0.39 is 0 Å². The van der Waals surface area contributed by atoms with Crippen molar-refractivity contribution in [3.63, 3.8) is 0 Å². The molecule has 3 fully saturated rings. The summed E-state index contributed by atoms with van der Waals surface area (Å²) >= 11 is 0. The first-order chi connectivity index (χ1) is 8.29. The molecular formula is C13H23N3O. The fourth-order valence-electron chi connectivity index (χ4n) is 3.84. The van der Waals surface area contributed by atoms with Crippen LogP contribution in [0.25, 0.3) is 0 Å². The zero-order valence-electron chi connectivity index (χ0n) is 10.5. The van der Waals surface area contributed by atoms with Crippen LogP contribution in [-0.2, 0) is 0 Å². The first-order valence-electron chi connectivity index (χ1n) is 7.09. The molecule has 0 radical (unpaired) electrons. The lowest BCUT2D eigenvalue weighted by Crippen LogP contribution is -2.57. The highest BCUT2D eigenvalue weighted by Gasteiger charge is 2.40. The maximum Gasteiger partial charge on any atom is 0.317 e. The molecule has 1 aliphatic carbocycles. The van der Waals surface area contributed by atoms with Crippen LogP contribution in [0.3, 0.4) is 0 Å². The number of amides is 2. The summed E-state index contributed by atoms with van der Waals surface area (Å²) < 4.78 is 0. The summed E-state index contributed by atoms with van der Waals surface area (Å²) in [5, 5.41) is 6.67. The summed E-state index contributed by atoms with van der Waals surface area (Å²) in [6.07, 6.45) is 8.99. The van der Waals surface area contributed by atoms with Crippen molar-refractivity contribution < 1.29 is 4.79 Å². The van der Waals surface area contributed by atoms with Gasteiger partial charge in [-0.3, -0.25) is 0 Å². The van der Waals surface area contributed by atoms with Crippen LogP contribution in [0.15, 0.2) is 0 Å². The second-order valence-corrected chi connectivity index (χ2v) is 5.84. The Hall–Kier alpha value is -0.770. The van der Waals surface area contributed by atoms with Gasteiger partial charge in [0.1, 0.15) is 0 Å². The minimum atomic E-state index is 0.155. The zero-order valence-corrected chi connectivity index (χ0v) is 10.5. The smallest absolute Gasteiger partial charge is 0.317 e. The SMILES string of the molecule is O=C1NCCN1C1CCNC2(CCCCC2)C1. The van der Waals surface area contributed by atoms with Gasteiger partial charge in [0, 0.05) is 24.7 Å². The normalized spacial score (nSPS) is 32.8. The van der Waals surface area contributed by atoms with Gasteiger partial charge in [0.2, 0.25) is 0 Å². The zero-order chi connectivity index (χ0) is 11.7. The molecule has 1 spiro atoms. The number of urea groups is 1. The molecule has 2 saturated heterocycles. The predicted octanol–water partition coefficient (Wildman–Crippen LogP) is 1.47. The quantitative estimate of drug-likeness (QED) is 0.725. The van der Waals surface area contributed by atoms with Gasteiger partial charge >= 0.3 is 6.03 Å². The molecule has 17 heavy (non-hydrogen) atoms. The fraction of sp³-hybridized carbons (Fsp3) is 0.923. The van der Waals surface area contributed by atoms with Crippen LogP contribution < -0.4 is 10.6 Å². The number of nitrogens with one attached hydrogen (secondary N) is 2. The van der Waals surface area contributed by atoms with Crippen molar-refractivity contribution >= 4 is 6.03 Å². The largest absolute Gasteiger partial charge is 0.336 e. The standard InChI is InChI=1S/C13H23N3O/c17-12-14-8-9-16(12)11-4-7-15-13(10-11)5-2-1-3-6-13/h11,15H,1-10H2,(H,14,17). The van der Waals surface area contributed by atoms with Gasteiger partial charge in [-0.2, -0.15) is 0 Å². The number of carbonyl (C=O) groups excluding carboxylic acids is 1. The van der Waals surface area contributed by atoms with E-state index in [1.54, 1.807) is 0 Å². The molecular weight excluding hydrogens is 214 g/mol. The van der Waals surface area contributed by atoms with E-state index in [0.29, 0.717) is 11.6 Å². The molecule has 1 saturated carbocycles. The molecule has 0 aromatic heterocycles. The van der Waals surface area contributed by atoms with Crippen LogP contribution in [-0.4, -0.2) is 42.1 Å². The third kappa shape index (κ3) is 2.15. The molecule has 1 unspecified atom stereocenters. The van der Waals surface area contributed by atoms with Crippen molar-refractivity contribution in [1.29, 1.82) is 0 Å². The van der Waals surface area contributed by atoms with E-state index in [0.717, 1.165) is 26.1 Å². The maximum absolute atomic E-state index is 11.7. The molecule has 4 nitrogen and oxygen atoms in total. The van der Waals surface area contributed by atoms with Gasteiger partial charge in [0.05, 0.1) is 0 Å². The summed E-state index contributed by atoms with van der Waals surface area (Å²) in [5.41, 5.74) is 0.351. The molecule has 1 atom stereocenters. The Bertz CT molecular complexity index is 294. The van der Waals surface area contributed by atoms with Gasteiger partial charge in [0.25, 0.3) is 0 Å². The fourth-order valence-corrected chi connectivity index (χ4v) is 3.84. The van der Waals surface area contributed by atoms with E-state index in [1.807, 2.05) is 0 Å². The monoisotopic (exact) mass is 237 g/mol. The molecule has 96 valence electrons. The molecule has 2 amide bonds. The summed E-state index contributed by atoms with van der Waals surface area (Å²) in [6, 6.07) is 0.625. The van der Waals surface area contributed by atoms with Crippen LogP contribution in [0.2, 0.25) is 0 Å². The molecule has 3 aliphatic rings. The topological polar surface area (TPSA) is 44.4 Å². The second kappa shape index (κ2) is 4.48. The first kappa shape index (κ1) is 11.3. The van der Waals surface area contributed by atoms with E-state index in [1.165, 1.54) is 38.5 Å². The number of nitrogens with zero attached hydrogens (tertiary/aromatic N) is 1. The van der Waals surface area contributed by atoms with Crippen LogP contribution in [0.1, 0.15) is 44.9 Å². The lowest BCUT2D eigenvalue weighted by atomic mass is 9.74. The summed E-state index contributed by atoms with van der Waals surface area (Å²) in [7, 11) is 0. The maximum atomic E-state index is 11.7. The van der Waals surface area contributed by atoms with Crippen LogP contribution >= 0.6 is 0 Å². The number of hydrogen-bond donors (Lipinski definition) is 2. The molecule has 0 aromatic rings. The van der Waals surface area contributed by atoms with Gasteiger partial charge in [-0.1, -0.05) is 19.3 Å². The minimum Gasteiger partial charge on any atom is -0.336 e. The highest BCUT2D eigenvalue weighted by Crippen LogP contribution is 2.36. The second-order valence-electron chi connectivity index (χ2n) is 5.84. The van der Waals surface area contributed by atoms with Crippen molar-refractivity contribution in [1.82, 2.24) is 15.5 Å². The molecule has 3 rings (SSSR count). The van der Waals surface area contributed by atoms with Gasteiger partial charge in [-0.25, -0.2) is 4.79 Å². The van der Waals surface area contributed by atoms with E-state index in [-0.39, 0.29) is 6.03 Å². The molecule has 0 aromatic carbocycles. The van der Waals surface area contributed by atoms with E-state index >= 15 is 0 Å². The third-order valence-electron chi connectivity index (χ3n) is 4.75. The highest BCUT2D eigenvalue weighted by atomic mass is 16.2. The van der Waals surface area contributed by atoms with Crippen LogP contribution in [0.4, 0.5) is 4.79 Å². The lowest BCUT2D eigenvalue weighted by molar-refractivity contribution is 0.110. The van der Waals surface area contributed by atoms with E-state index in [2.05, 4.69) is 15.5 Å². The van der Waals surface area contributed by atoms with Crippen molar-refractivity contribution in [3.8, 4) is 0 Å². The average Bonchev–Trinajstić information content (AvgIpc) is 2.77. The third-order valence-corrected chi connectivity index (χ3v) is 4.75. The Morgan fingerprint density at radius 2 is 2.00 bits per heavy atom. The number of piperidine rings is 1. The van der Waals surface area contributed by atoms with Gasteiger partial charge in [-0.15, -0.1) is 0 Å². The van der Waals surface area contributed by atoms with Crippen molar-refractivity contribution in [3.05, 3.63) is 0 Å². The van der Waals surface area contributed by atoms with Crippen LogP contribution in [0.5, 0.6) is 0 Å². The highest BCUT2D eigenvalue weighted by molar-refractivity contribution is 5.76. The summed E-state index contributed by atoms with van der Waals surface area (Å²) in [6.45, 7) is 2.81. The number of carbonyl (C=O) groups is 1. The molecule has 4 heteroatoms. The molecule has 2 aliphatic heterocycles. The minimum absolute atomic E-state index is 0.155. The van der Waals surface area contributed by atoms with Crippen molar-refractivity contribution in [2.75, 3.05) is 19.6 Å². The summed E-state index contributed by atoms with van der Waals surface area (Å²) in [4.78, 5) is 13.8. The first-order valence-corrected chi connectivity index (χ1v) is 7.09. The van der Waals surface area contributed by atoms with Crippen molar-refractivity contribution in [2.45, 2.75) is 56.5 Å². The Kier molecular flexibility index (Phi) is 2.99. The number of hydrogen-bond acceptors (Lipinski definition) is 2. The van der Waals surface area contributed by atoms with Gasteiger partial charge < -0.3 is 15.5 Å². The Balaban J connectivity index is 1.68. The Morgan fingerprint density at radius 3 is 2.71 bits per heavy atom. The molecule has 2 heterocycles. The van der Waals surface area contributed by atoms with E-state index in [9.17, 15) is 4.79 Å². The van der Waals surface area contributed by atoms with Gasteiger partial charge in [0.15, 0.2) is 0 Å². The molecule has 2 N–H and O–H groups in total. The number of rotatable bonds is 1. The van der Waals surface area contributed by atoms with Crippen molar-refractivity contribution in [2.24, 2.45) is 0 Å². The molecule has 0 bridgehead atoms. The van der Waals surface area contributed by atoms with Crippen LogP contribution in [0, 0.1) is 0 Å². The predicted molar refractivity (Wildman–Crippen MR) is 66.9 cm³/mol. The average molecular weight is 237 g/mol.